The quantitative estimate of drug-likeness (QED) is 0.547. The molecule has 0 aliphatic heterocycles. The first-order valence-corrected chi connectivity index (χ1v) is 7.82. The van der Waals surface area contributed by atoms with Crippen LogP contribution in [-0.4, -0.2) is 22.5 Å². The summed E-state index contributed by atoms with van der Waals surface area (Å²) >= 11 is 5.71. The zero-order valence-corrected chi connectivity index (χ0v) is 14.3. The topological polar surface area (TPSA) is 61.3 Å². The van der Waals surface area contributed by atoms with Crippen LogP contribution < -0.4 is 4.74 Å². The van der Waals surface area contributed by atoms with Gasteiger partial charge in [0.2, 0.25) is 0 Å². The van der Waals surface area contributed by atoms with Gasteiger partial charge in [-0.3, -0.25) is 9.97 Å². The number of aromatic nitrogens is 2. The van der Waals surface area contributed by atoms with Crippen LogP contribution in [0.3, 0.4) is 0 Å². The minimum absolute atomic E-state index is 0.116. The number of hydrogen-bond acceptors (Lipinski definition) is 5. The summed E-state index contributed by atoms with van der Waals surface area (Å²) in [5, 5.41) is 0.403. The Bertz CT molecular complexity index is 793. The summed E-state index contributed by atoms with van der Waals surface area (Å²) in [6, 6.07) is 4.19. The Morgan fingerprint density at radius 2 is 2.04 bits per heavy atom. The zero-order valence-electron chi connectivity index (χ0n) is 13.6. The Morgan fingerprint density at radius 3 is 2.65 bits per heavy atom. The number of ether oxygens (including phenoxy) is 2. The van der Waals surface area contributed by atoms with Crippen LogP contribution in [-0.2, 0) is 22.3 Å². The standard InChI is InChI=1S/C17H14ClF3N2O3/c1-2-25-16(24)6-5-12-7-15(14(9-23-12)17(19,20)21)26-10-13-4-3-11(18)8-22-13/h3-9H,2,10H2,1H3/b6-5+. The summed E-state index contributed by atoms with van der Waals surface area (Å²) in [5.74, 6) is -1.05. The van der Waals surface area contributed by atoms with Gasteiger partial charge < -0.3 is 9.47 Å². The molecule has 138 valence electrons. The minimum atomic E-state index is -4.64. The first kappa shape index (κ1) is 19.7. The molecule has 0 saturated carbocycles. The van der Waals surface area contributed by atoms with Crippen LogP contribution in [0.15, 0.2) is 36.7 Å². The zero-order chi connectivity index (χ0) is 19.2. The highest BCUT2D eigenvalue weighted by atomic mass is 35.5. The van der Waals surface area contributed by atoms with Gasteiger partial charge in [-0.15, -0.1) is 0 Å². The largest absolute Gasteiger partial charge is 0.487 e. The first-order valence-electron chi connectivity index (χ1n) is 7.45. The van der Waals surface area contributed by atoms with E-state index in [-0.39, 0.29) is 18.9 Å². The van der Waals surface area contributed by atoms with Gasteiger partial charge in [-0.25, -0.2) is 4.79 Å². The van der Waals surface area contributed by atoms with E-state index in [4.69, 9.17) is 21.1 Å². The summed E-state index contributed by atoms with van der Waals surface area (Å²) < 4.78 is 49.4. The molecule has 0 N–H and O–H groups in total. The highest BCUT2D eigenvalue weighted by Crippen LogP contribution is 2.36. The predicted molar refractivity (Wildman–Crippen MR) is 88.5 cm³/mol. The second-order valence-corrected chi connectivity index (χ2v) is 5.38. The molecular weight excluding hydrogens is 373 g/mol. The normalized spacial score (nSPS) is 11.6. The van der Waals surface area contributed by atoms with Crippen LogP contribution in [0.5, 0.6) is 5.75 Å². The number of pyridine rings is 2. The second-order valence-electron chi connectivity index (χ2n) is 4.94. The third-order valence-corrected chi connectivity index (χ3v) is 3.26. The van der Waals surface area contributed by atoms with E-state index in [2.05, 4.69) is 9.97 Å². The molecule has 0 spiro atoms. The molecule has 2 heterocycles. The van der Waals surface area contributed by atoms with Crippen molar-refractivity contribution in [3.05, 3.63) is 58.6 Å². The summed E-state index contributed by atoms with van der Waals surface area (Å²) in [7, 11) is 0. The summed E-state index contributed by atoms with van der Waals surface area (Å²) in [6.45, 7) is 1.64. The number of esters is 1. The van der Waals surface area contributed by atoms with Gasteiger partial charge in [-0.05, 0) is 25.1 Å². The lowest BCUT2D eigenvalue weighted by Gasteiger charge is -2.14. The molecule has 0 bridgehead atoms. The highest BCUT2D eigenvalue weighted by Gasteiger charge is 2.35. The van der Waals surface area contributed by atoms with Crippen LogP contribution in [0.25, 0.3) is 6.08 Å². The van der Waals surface area contributed by atoms with Gasteiger partial charge in [-0.2, -0.15) is 13.2 Å². The van der Waals surface area contributed by atoms with Crippen molar-refractivity contribution in [2.24, 2.45) is 0 Å². The van der Waals surface area contributed by atoms with Crippen molar-refractivity contribution >= 4 is 23.6 Å². The van der Waals surface area contributed by atoms with Crippen LogP contribution in [0, 0.1) is 0 Å². The number of carbonyl (C=O) groups is 1. The van der Waals surface area contributed by atoms with Gasteiger partial charge in [0.05, 0.1) is 23.0 Å². The molecule has 2 rings (SSSR count). The fourth-order valence-corrected chi connectivity index (χ4v) is 1.97. The Kier molecular flexibility index (Phi) is 6.57. The molecule has 0 aliphatic rings. The van der Waals surface area contributed by atoms with E-state index in [0.717, 1.165) is 12.1 Å². The number of nitrogens with zero attached hydrogens (tertiary/aromatic N) is 2. The van der Waals surface area contributed by atoms with Gasteiger partial charge in [0, 0.05) is 24.5 Å². The Morgan fingerprint density at radius 1 is 1.27 bits per heavy atom. The average Bonchev–Trinajstić information content (AvgIpc) is 2.59. The molecule has 0 fully saturated rings. The fourth-order valence-electron chi connectivity index (χ4n) is 1.86. The summed E-state index contributed by atoms with van der Waals surface area (Å²) in [4.78, 5) is 18.9. The maximum Gasteiger partial charge on any atom is 0.421 e. The molecular formula is C17H14ClF3N2O3. The highest BCUT2D eigenvalue weighted by molar-refractivity contribution is 6.30. The van der Waals surface area contributed by atoms with Crippen LogP contribution in [0.1, 0.15) is 23.9 Å². The van der Waals surface area contributed by atoms with Crippen molar-refractivity contribution in [1.29, 1.82) is 0 Å². The fraction of sp³-hybridized carbons (Fsp3) is 0.235. The molecule has 0 unspecified atom stereocenters. The van der Waals surface area contributed by atoms with Gasteiger partial charge in [0.1, 0.15) is 17.9 Å². The minimum Gasteiger partial charge on any atom is -0.487 e. The van der Waals surface area contributed by atoms with Gasteiger partial charge in [-0.1, -0.05) is 11.6 Å². The Labute approximate surface area is 152 Å². The van der Waals surface area contributed by atoms with Crippen LogP contribution in [0.4, 0.5) is 13.2 Å². The number of rotatable bonds is 6. The van der Waals surface area contributed by atoms with E-state index in [1.807, 2.05) is 0 Å². The molecule has 26 heavy (non-hydrogen) atoms. The molecule has 0 amide bonds. The van der Waals surface area contributed by atoms with E-state index in [9.17, 15) is 18.0 Å². The van der Waals surface area contributed by atoms with E-state index in [1.165, 1.54) is 12.3 Å². The smallest absolute Gasteiger partial charge is 0.421 e. The number of carbonyl (C=O) groups excluding carboxylic acids is 1. The molecule has 5 nitrogen and oxygen atoms in total. The second kappa shape index (κ2) is 8.66. The third kappa shape index (κ3) is 5.73. The van der Waals surface area contributed by atoms with E-state index >= 15 is 0 Å². The summed E-state index contributed by atoms with van der Waals surface area (Å²) in [5.41, 5.74) is -0.507. The average molecular weight is 387 g/mol. The Hall–Kier alpha value is -2.61. The molecule has 0 aromatic carbocycles. The number of alkyl halides is 3. The van der Waals surface area contributed by atoms with E-state index in [0.29, 0.717) is 16.9 Å². The van der Waals surface area contributed by atoms with Crippen molar-refractivity contribution in [2.45, 2.75) is 19.7 Å². The van der Waals surface area contributed by atoms with Crippen molar-refractivity contribution in [3.8, 4) is 5.75 Å². The molecule has 0 aliphatic carbocycles. The molecule has 9 heteroatoms. The van der Waals surface area contributed by atoms with Crippen molar-refractivity contribution in [1.82, 2.24) is 9.97 Å². The monoisotopic (exact) mass is 386 g/mol. The van der Waals surface area contributed by atoms with Crippen LogP contribution >= 0.6 is 11.6 Å². The van der Waals surface area contributed by atoms with Crippen LogP contribution in [0.2, 0.25) is 5.02 Å². The van der Waals surface area contributed by atoms with Gasteiger partial charge in [0.25, 0.3) is 0 Å². The maximum atomic E-state index is 13.1. The number of hydrogen-bond donors (Lipinski definition) is 0. The lowest BCUT2D eigenvalue weighted by molar-refractivity contribution is -0.139. The van der Waals surface area contributed by atoms with Crippen molar-refractivity contribution < 1.29 is 27.4 Å². The van der Waals surface area contributed by atoms with E-state index < -0.39 is 23.5 Å². The predicted octanol–water partition coefficient (Wildman–Crippen LogP) is 4.30. The molecule has 0 saturated heterocycles. The molecule has 2 aromatic heterocycles. The number of halogens is 4. The Balaban J connectivity index is 2.23. The van der Waals surface area contributed by atoms with Crippen molar-refractivity contribution in [3.63, 3.8) is 0 Å². The third-order valence-electron chi connectivity index (χ3n) is 3.03. The molecule has 0 radical (unpaired) electrons. The SMILES string of the molecule is CCOC(=O)/C=C/c1cc(OCc2ccc(Cl)cn2)c(C(F)(F)F)cn1. The lowest BCUT2D eigenvalue weighted by atomic mass is 10.2. The maximum absolute atomic E-state index is 13.1. The summed E-state index contributed by atoms with van der Waals surface area (Å²) in [6.07, 6.45) is -0.311. The van der Waals surface area contributed by atoms with Gasteiger partial charge in [0.15, 0.2) is 0 Å². The molecule has 0 atom stereocenters. The van der Waals surface area contributed by atoms with E-state index in [1.54, 1.807) is 19.1 Å². The first-order chi connectivity index (χ1) is 12.3. The van der Waals surface area contributed by atoms with Gasteiger partial charge >= 0.3 is 12.1 Å². The molecule has 2 aromatic rings. The lowest BCUT2D eigenvalue weighted by Crippen LogP contribution is -2.10. The van der Waals surface area contributed by atoms with Crippen molar-refractivity contribution in [2.75, 3.05) is 6.61 Å².